The average Bonchev–Trinajstić information content (AvgIpc) is 2.16. The molecule has 0 fully saturated rings. The van der Waals surface area contributed by atoms with Gasteiger partial charge in [-0.1, -0.05) is 0 Å². The van der Waals surface area contributed by atoms with Crippen molar-refractivity contribution in [3.63, 3.8) is 0 Å². The van der Waals surface area contributed by atoms with Crippen molar-refractivity contribution in [1.82, 2.24) is 0 Å². The molecule has 0 radical (unpaired) electrons. The average molecular weight is 260 g/mol. The lowest BCUT2D eigenvalue weighted by molar-refractivity contribution is -0.0525. The molecule has 16 heavy (non-hydrogen) atoms. The summed E-state index contributed by atoms with van der Waals surface area (Å²) in [5.41, 5.74) is -5.21. The Labute approximate surface area is 90.8 Å². The van der Waals surface area contributed by atoms with Crippen LogP contribution in [-0.2, 0) is 14.3 Å². The Morgan fingerprint density at radius 1 is 1.25 bits per heavy atom. The topological polar surface area (TPSA) is 63.6 Å². The number of hydrogen-bond acceptors (Lipinski definition) is 4. The lowest BCUT2D eigenvalue weighted by Gasteiger charge is -2.19. The molecule has 0 aromatic heterocycles. The largest absolute Gasteiger partial charge is 0.534 e. The fraction of sp³-hybridized carbons (Fsp3) is 0.750. The van der Waals surface area contributed by atoms with Gasteiger partial charge in [-0.2, -0.15) is 21.6 Å². The Morgan fingerprint density at radius 2 is 1.81 bits per heavy atom. The van der Waals surface area contributed by atoms with E-state index < -0.39 is 22.2 Å². The van der Waals surface area contributed by atoms with Gasteiger partial charge in [0, 0.05) is 6.42 Å². The summed E-state index contributed by atoms with van der Waals surface area (Å²) in [6.45, 7) is -0.483. The molecule has 0 aliphatic heterocycles. The van der Waals surface area contributed by atoms with Crippen molar-refractivity contribution < 1.29 is 30.9 Å². The molecule has 1 rings (SSSR count). The van der Waals surface area contributed by atoms with Gasteiger partial charge in [-0.3, -0.25) is 0 Å². The quantitative estimate of drug-likeness (QED) is 0.619. The highest BCUT2D eigenvalue weighted by molar-refractivity contribution is 7.87. The molecule has 94 valence electrons. The normalized spacial score (nSPS) is 18.8. The number of halogens is 3. The van der Waals surface area contributed by atoms with Gasteiger partial charge >= 0.3 is 15.6 Å². The maximum atomic E-state index is 12.0. The predicted molar refractivity (Wildman–Crippen MR) is 48.6 cm³/mol. The van der Waals surface area contributed by atoms with Crippen molar-refractivity contribution in [1.29, 1.82) is 0 Å². The van der Waals surface area contributed by atoms with E-state index >= 15 is 0 Å². The highest BCUT2D eigenvalue weighted by atomic mass is 32.2. The first kappa shape index (κ1) is 13.3. The summed E-state index contributed by atoms with van der Waals surface area (Å²) in [5.74, 6) is -0.272. The molecule has 0 aromatic carbocycles. The maximum absolute atomic E-state index is 12.0. The van der Waals surface area contributed by atoms with Crippen LogP contribution in [0.25, 0.3) is 0 Å². The summed E-state index contributed by atoms with van der Waals surface area (Å²) in [4.78, 5) is 0. The number of aliphatic hydroxyl groups is 1. The van der Waals surface area contributed by atoms with Gasteiger partial charge < -0.3 is 9.29 Å². The molecule has 1 aliphatic carbocycles. The lowest BCUT2D eigenvalue weighted by Crippen LogP contribution is -2.26. The van der Waals surface area contributed by atoms with Gasteiger partial charge in [0.25, 0.3) is 0 Å². The second kappa shape index (κ2) is 4.62. The molecule has 8 heteroatoms. The number of rotatable bonds is 3. The number of aliphatic hydroxyl groups excluding tert-OH is 1. The molecule has 0 heterocycles. The zero-order chi connectivity index (χ0) is 12.4. The Hall–Kier alpha value is -0.760. The number of hydrogen-bond donors (Lipinski definition) is 1. The first-order valence-corrected chi connectivity index (χ1v) is 6.01. The van der Waals surface area contributed by atoms with Gasteiger partial charge in [-0.25, -0.2) is 0 Å². The highest BCUT2D eigenvalue weighted by Gasteiger charge is 2.49. The van der Waals surface area contributed by atoms with Crippen LogP contribution in [0.2, 0.25) is 0 Å². The van der Waals surface area contributed by atoms with Crippen LogP contribution < -0.4 is 0 Å². The second-order valence-corrected chi connectivity index (χ2v) is 4.91. The third kappa shape index (κ3) is 2.88. The van der Waals surface area contributed by atoms with E-state index in [0.29, 0.717) is 19.3 Å². The van der Waals surface area contributed by atoms with Crippen LogP contribution in [0.4, 0.5) is 13.2 Å². The molecule has 1 aliphatic rings. The molecule has 0 unspecified atom stereocenters. The van der Waals surface area contributed by atoms with Crippen LogP contribution in [0.15, 0.2) is 11.3 Å². The Kier molecular flexibility index (Phi) is 3.84. The molecule has 0 spiro atoms. The van der Waals surface area contributed by atoms with E-state index in [0.717, 1.165) is 0 Å². The zero-order valence-electron chi connectivity index (χ0n) is 8.25. The van der Waals surface area contributed by atoms with Crippen molar-refractivity contribution in [3.05, 3.63) is 11.3 Å². The van der Waals surface area contributed by atoms with Gasteiger partial charge in [-0.05, 0) is 24.8 Å². The van der Waals surface area contributed by atoms with Crippen LogP contribution in [0.1, 0.15) is 25.7 Å². The summed E-state index contributed by atoms with van der Waals surface area (Å²) >= 11 is 0. The summed E-state index contributed by atoms with van der Waals surface area (Å²) in [5, 5.41) is 8.85. The second-order valence-electron chi connectivity index (χ2n) is 3.38. The summed E-state index contributed by atoms with van der Waals surface area (Å²) in [6, 6.07) is 0. The molecule has 0 saturated heterocycles. The van der Waals surface area contributed by atoms with E-state index in [1.165, 1.54) is 0 Å². The van der Waals surface area contributed by atoms with Crippen molar-refractivity contribution in [2.75, 3.05) is 6.61 Å². The fourth-order valence-electron chi connectivity index (χ4n) is 1.39. The van der Waals surface area contributed by atoms with Gasteiger partial charge in [0.15, 0.2) is 0 Å². The van der Waals surface area contributed by atoms with Crippen LogP contribution in [0, 0.1) is 0 Å². The van der Waals surface area contributed by atoms with Gasteiger partial charge in [0.05, 0.1) is 6.61 Å². The van der Waals surface area contributed by atoms with E-state index in [9.17, 15) is 21.6 Å². The van der Waals surface area contributed by atoms with E-state index in [2.05, 4.69) is 4.18 Å². The molecule has 4 nitrogen and oxygen atoms in total. The van der Waals surface area contributed by atoms with Crippen LogP contribution in [0.5, 0.6) is 0 Å². The zero-order valence-corrected chi connectivity index (χ0v) is 9.07. The minimum absolute atomic E-state index is 0.102. The van der Waals surface area contributed by atoms with E-state index in [1.54, 1.807) is 0 Å². The van der Waals surface area contributed by atoms with E-state index in [1.807, 2.05) is 0 Å². The Balaban J connectivity index is 2.92. The first-order chi connectivity index (χ1) is 7.28. The van der Waals surface area contributed by atoms with Crippen molar-refractivity contribution in [3.8, 4) is 0 Å². The molecule has 1 N–H and O–H groups in total. The first-order valence-electron chi connectivity index (χ1n) is 4.60. The van der Waals surface area contributed by atoms with E-state index in [4.69, 9.17) is 5.11 Å². The van der Waals surface area contributed by atoms with E-state index in [-0.39, 0.29) is 17.8 Å². The standard InChI is InChI=1S/C8H11F3O4S/c9-8(10,11)16(13,14)15-7-4-2-1-3-6(7)5-12/h12H,1-5H2. The monoisotopic (exact) mass is 260 g/mol. The highest BCUT2D eigenvalue weighted by Crippen LogP contribution is 2.32. The molecule has 0 bridgehead atoms. The molecular weight excluding hydrogens is 249 g/mol. The van der Waals surface area contributed by atoms with Crippen LogP contribution >= 0.6 is 0 Å². The van der Waals surface area contributed by atoms with Gasteiger partial charge in [0.2, 0.25) is 0 Å². The fourth-order valence-corrected chi connectivity index (χ4v) is 1.95. The number of allylic oxidation sites excluding steroid dienone is 1. The van der Waals surface area contributed by atoms with Crippen LogP contribution in [0.3, 0.4) is 0 Å². The molecular formula is C8H11F3O4S. The molecule has 0 amide bonds. The third-order valence-electron chi connectivity index (χ3n) is 2.21. The number of alkyl halides is 3. The lowest BCUT2D eigenvalue weighted by atomic mass is 9.98. The van der Waals surface area contributed by atoms with Crippen molar-refractivity contribution >= 4 is 10.1 Å². The predicted octanol–water partition coefficient (Wildman–Crippen LogP) is 1.67. The Morgan fingerprint density at radius 3 is 2.31 bits per heavy atom. The SMILES string of the molecule is O=S(=O)(OC1=C(CO)CCCC1)C(F)(F)F. The minimum atomic E-state index is -5.61. The Bertz CT molecular complexity index is 383. The van der Waals surface area contributed by atoms with Gasteiger partial charge in [-0.15, -0.1) is 0 Å². The third-order valence-corrected chi connectivity index (χ3v) is 3.20. The minimum Gasteiger partial charge on any atom is -0.392 e. The molecule has 0 saturated carbocycles. The van der Waals surface area contributed by atoms with Crippen molar-refractivity contribution in [2.45, 2.75) is 31.2 Å². The van der Waals surface area contributed by atoms with Crippen molar-refractivity contribution in [2.24, 2.45) is 0 Å². The van der Waals surface area contributed by atoms with Gasteiger partial charge in [0.1, 0.15) is 5.76 Å². The summed E-state index contributed by atoms with van der Waals surface area (Å²) in [6.07, 6.45) is 1.71. The maximum Gasteiger partial charge on any atom is 0.534 e. The molecule has 0 aromatic rings. The summed E-state index contributed by atoms with van der Waals surface area (Å²) < 4.78 is 61.5. The molecule has 0 atom stereocenters. The van der Waals surface area contributed by atoms with Crippen LogP contribution in [-0.4, -0.2) is 25.6 Å². The smallest absolute Gasteiger partial charge is 0.392 e. The summed E-state index contributed by atoms with van der Waals surface area (Å²) in [7, 11) is -5.61.